The van der Waals surface area contributed by atoms with Gasteiger partial charge in [0.25, 0.3) is 0 Å². The fraction of sp³-hybridized carbons (Fsp3) is 0.478. The average molecular weight is 505 g/mol. The van der Waals surface area contributed by atoms with Gasteiger partial charge in [-0.2, -0.15) is 5.10 Å². The molecule has 10 nitrogen and oxygen atoms in total. The van der Waals surface area contributed by atoms with E-state index < -0.39 is 15.7 Å². The van der Waals surface area contributed by atoms with Crippen molar-refractivity contribution < 1.29 is 22.3 Å². The molecular formula is C23H29FN6O4S. The zero-order valence-corrected chi connectivity index (χ0v) is 21.0. The van der Waals surface area contributed by atoms with Gasteiger partial charge in [-0.25, -0.2) is 32.3 Å². The van der Waals surface area contributed by atoms with Gasteiger partial charge < -0.3 is 15.0 Å². The smallest absolute Gasteiger partial charge is 0.409 e. The molecule has 1 fully saturated rings. The number of anilines is 2. The Bertz CT molecular complexity index is 1340. The first-order valence-corrected chi connectivity index (χ1v) is 13.2. The average Bonchev–Trinajstić information content (AvgIpc) is 3.23. The predicted molar refractivity (Wildman–Crippen MR) is 129 cm³/mol. The van der Waals surface area contributed by atoms with Gasteiger partial charge in [0.05, 0.1) is 34.8 Å². The van der Waals surface area contributed by atoms with Crippen LogP contribution in [-0.2, 0) is 14.6 Å². The molecule has 4 rings (SSSR count). The molecule has 35 heavy (non-hydrogen) atoms. The third-order valence-corrected chi connectivity index (χ3v) is 6.82. The van der Waals surface area contributed by atoms with E-state index in [9.17, 15) is 17.6 Å². The number of fused-ring (bicyclic) bond motifs is 1. The number of likely N-dealkylation sites (tertiary alicyclic amines) is 1. The molecule has 0 bridgehead atoms. The van der Waals surface area contributed by atoms with E-state index in [0.29, 0.717) is 49.4 Å². The Morgan fingerprint density at radius 2 is 1.94 bits per heavy atom. The van der Waals surface area contributed by atoms with Gasteiger partial charge in [-0.3, -0.25) is 0 Å². The van der Waals surface area contributed by atoms with E-state index in [1.54, 1.807) is 11.1 Å². The highest BCUT2D eigenvalue weighted by atomic mass is 32.2. The van der Waals surface area contributed by atoms with Gasteiger partial charge in [0.2, 0.25) is 0 Å². The third-order valence-electron chi connectivity index (χ3n) is 5.71. The van der Waals surface area contributed by atoms with Crippen LogP contribution in [0, 0.1) is 11.2 Å². The van der Waals surface area contributed by atoms with Gasteiger partial charge in [-0.15, -0.1) is 0 Å². The van der Waals surface area contributed by atoms with E-state index in [4.69, 9.17) is 4.74 Å². The first kappa shape index (κ1) is 24.8. The summed E-state index contributed by atoms with van der Waals surface area (Å²) in [6.45, 7) is 7.49. The third kappa shape index (κ3) is 5.69. The molecule has 0 atom stereocenters. The van der Waals surface area contributed by atoms with Crippen LogP contribution in [0.4, 0.5) is 20.7 Å². The maximum atomic E-state index is 14.6. The highest BCUT2D eigenvalue weighted by molar-refractivity contribution is 7.90. The Labute approximate surface area is 203 Å². The zero-order chi connectivity index (χ0) is 25.4. The van der Waals surface area contributed by atoms with E-state index in [2.05, 4.69) is 20.4 Å². The largest absolute Gasteiger partial charge is 0.449 e. The van der Waals surface area contributed by atoms with Crippen LogP contribution in [-0.4, -0.2) is 65.1 Å². The number of halogens is 1. The van der Waals surface area contributed by atoms with Crippen molar-refractivity contribution in [2.24, 2.45) is 5.41 Å². The minimum atomic E-state index is -3.52. The fourth-order valence-corrected chi connectivity index (χ4v) is 4.48. The molecule has 3 heterocycles. The summed E-state index contributed by atoms with van der Waals surface area (Å²) < 4.78 is 45.1. The van der Waals surface area contributed by atoms with Gasteiger partial charge in [-0.1, -0.05) is 20.8 Å². The number of aromatic nitrogens is 4. The Morgan fingerprint density at radius 1 is 1.23 bits per heavy atom. The monoisotopic (exact) mass is 504 g/mol. The summed E-state index contributed by atoms with van der Waals surface area (Å²) in [4.78, 5) is 22.6. The van der Waals surface area contributed by atoms with Crippen LogP contribution in [0.25, 0.3) is 11.0 Å². The van der Waals surface area contributed by atoms with Crippen molar-refractivity contribution in [3.05, 3.63) is 36.5 Å². The van der Waals surface area contributed by atoms with E-state index in [-0.39, 0.29) is 28.1 Å². The lowest BCUT2D eigenvalue weighted by molar-refractivity contribution is 0.0622. The Balaban J connectivity index is 1.48. The van der Waals surface area contributed by atoms with Crippen LogP contribution in [0.3, 0.4) is 0 Å². The summed E-state index contributed by atoms with van der Waals surface area (Å²) in [5, 5.41) is 8.01. The highest BCUT2D eigenvalue weighted by Crippen LogP contribution is 2.30. The summed E-state index contributed by atoms with van der Waals surface area (Å²) in [7, 11) is -3.52. The number of hydrogen-bond acceptors (Lipinski definition) is 8. The van der Waals surface area contributed by atoms with Gasteiger partial charge >= 0.3 is 6.09 Å². The Hall–Kier alpha value is -3.28. The van der Waals surface area contributed by atoms with Crippen LogP contribution in [0.1, 0.15) is 39.7 Å². The summed E-state index contributed by atoms with van der Waals surface area (Å²) >= 11 is 0. The second-order valence-corrected chi connectivity index (χ2v) is 11.9. The molecule has 188 valence electrons. The quantitative estimate of drug-likeness (QED) is 0.555. The van der Waals surface area contributed by atoms with Gasteiger partial charge in [0.1, 0.15) is 18.0 Å². The van der Waals surface area contributed by atoms with Crippen LogP contribution in [0.5, 0.6) is 0 Å². The van der Waals surface area contributed by atoms with Crippen LogP contribution >= 0.6 is 0 Å². The molecule has 1 saturated heterocycles. The topological polar surface area (TPSA) is 119 Å². The highest BCUT2D eigenvalue weighted by Gasteiger charge is 2.28. The van der Waals surface area contributed by atoms with Crippen molar-refractivity contribution in [3.8, 4) is 0 Å². The lowest BCUT2D eigenvalue weighted by Gasteiger charge is -2.32. The molecule has 3 aromatic rings. The Kier molecular flexibility index (Phi) is 6.67. The second-order valence-electron chi connectivity index (χ2n) is 9.92. The number of amides is 1. The first-order chi connectivity index (χ1) is 16.4. The summed E-state index contributed by atoms with van der Waals surface area (Å²) in [6, 6.07) is 3.70. The number of carbonyl (C=O) groups is 1. The van der Waals surface area contributed by atoms with E-state index in [1.165, 1.54) is 18.5 Å². The van der Waals surface area contributed by atoms with E-state index >= 15 is 0 Å². The summed E-state index contributed by atoms with van der Waals surface area (Å²) in [5.41, 5.74) is 0.586. The number of hydrogen-bond donors (Lipinski definition) is 1. The maximum absolute atomic E-state index is 14.6. The summed E-state index contributed by atoms with van der Waals surface area (Å²) in [5.74, 6) is -0.353. The van der Waals surface area contributed by atoms with Crippen molar-refractivity contribution in [1.29, 1.82) is 0 Å². The van der Waals surface area contributed by atoms with Crippen molar-refractivity contribution in [2.45, 2.75) is 44.6 Å². The molecule has 2 aromatic heterocycles. The molecule has 0 spiro atoms. The SMILES string of the molecule is CC(C)(C)COC(=O)N1CCC(n2ncc3c(Nc4ccc(S(C)(=O)=O)cc4F)ncnc32)CC1. The molecule has 0 unspecified atom stereocenters. The molecule has 0 radical (unpaired) electrons. The fourth-order valence-electron chi connectivity index (χ4n) is 3.85. The van der Waals surface area contributed by atoms with Gasteiger partial charge in [0, 0.05) is 19.3 Å². The van der Waals surface area contributed by atoms with Crippen molar-refractivity contribution in [3.63, 3.8) is 0 Å². The lowest BCUT2D eigenvalue weighted by atomic mass is 9.99. The van der Waals surface area contributed by atoms with Crippen LogP contribution < -0.4 is 5.32 Å². The number of piperidine rings is 1. The Morgan fingerprint density at radius 3 is 2.57 bits per heavy atom. The second kappa shape index (κ2) is 9.40. The summed E-state index contributed by atoms with van der Waals surface area (Å²) in [6.07, 6.45) is 5.08. The number of rotatable bonds is 5. The molecule has 1 aliphatic heterocycles. The zero-order valence-electron chi connectivity index (χ0n) is 20.2. The van der Waals surface area contributed by atoms with E-state index in [0.717, 1.165) is 12.3 Å². The minimum Gasteiger partial charge on any atom is -0.449 e. The molecule has 1 aliphatic rings. The van der Waals surface area contributed by atoms with Crippen molar-refractivity contribution in [1.82, 2.24) is 24.6 Å². The maximum Gasteiger partial charge on any atom is 0.409 e. The first-order valence-electron chi connectivity index (χ1n) is 11.3. The van der Waals surface area contributed by atoms with E-state index in [1.807, 2.05) is 25.5 Å². The van der Waals surface area contributed by atoms with Crippen molar-refractivity contribution >= 4 is 38.5 Å². The molecule has 0 saturated carbocycles. The molecular weight excluding hydrogens is 475 g/mol. The number of nitrogens with zero attached hydrogens (tertiary/aromatic N) is 5. The van der Waals surface area contributed by atoms with Crippen LogP contribution in [0.2, 0.25) is 0 Å². The number of carbonyl (C=O) groups excluding carboxylic acids is 1. The van der Waals surface area contributed by atoms with Crippen molar-refractivity contribution in [2.75, 3.05) is 31.3 Å². The number of ether oxygens (including phenoxy) is 1. The lowest BCUT2D eigenvalue weighted by Crippen LogP contribution is -2.40. The van der Waals surface area contributed by atoms with Crippen LogP contribution in [0.15, 0.2) is 35.6 Å². The minimum absolute atomic E-state index is 0.0349. The molecule has 0 aliphatic carbocycles. The number of nitrogens with one attached hydrogen (secondary N) is 1. The molecule has 1 aromatic carbocycles. The standard InChI is InChI=1S/C23H29FN6O4S/c1-23(2,3)13-34-22(31)29-9-7-15(8-10-29)30-21-17(12-27-30)20(25-14-26-21)28-19-6-5-16(11-18(19)24)35(4,32)33/h5-6,11-12,14-15H,7-10,13H2,1-4H3,(H,25,26,28). The van der Waals surface area contributed by atoms with Gasteiger partial charge in [-0.05, 0) is 36.5 Å². The number of sulfone groups is 1. The normalized spacial score (nSPS) is 15.4. The van der Waals surface area contributed by atoms with Gasteiger partial charge in [0.15, 0.2) is 15.5 Å². The predicted octanol–water partition coefficient (Wildman–Crippen LogP) is 3.93. The molecule has 1 amide bonds. The number of benzene rings is 1. The molecule has 12 heteroatoms. The molecule has 1 N–H and O–H groups in total.